The van der Waals surface area contributed by atoms with Crippen LogP contribution in [0.1, 0.15) is 0 Å². The molecule has 0 spiro atoms. The first-order valence-corrected chi connectivity index (χ1v) is 13.4. The van der Waals surface area contributed by atoms with Crippen molar-refractivity contribution in [2.45, 2.75) is 0 Å². The van der Waals surface area contributed by atoms with Gasteiger partial charge in [0.05, 0.1) is 0 Å². The second kappa shape index (κ2) is 7.24. The van der Waals surface area contributed by atoms with Gasteiger partial charge >= 0.3 is 174 Å². The van der Waals surface area contributed by atoms with Crippen LogP contribution in [-0.2, 0) is 0 Å². The van der Waals surface area contributed by atoms with Crippen LogP contribution in [0.2, 0.25) is 5.02 Å². The summed E-state index contributed by atoms with van der Waals surface area (Å²) < 4.78 is 0. The molecule has 0 nitrogen and oxygen atoms in total. The van der Waals surface area contributed by atoms with Gasteiger partial charge in [0, 0.05) is 0 Å². The fourth-order valence-corrected chi connectivity index (χ4v) is 12.6. The van der Waals surface area contributed by atoms with E-state index < -0.39 is 5.31 Å². The van der Waals surface area contributed by atoms with Crippen molar-refractivity contribution in [3.8, 4) is 0 Å². The first kappa shape index (κ1) is 18.4. The summed E-state index contributed by atoms with van der Waals surface area (Å²) in [5, 5.41) is 2.39. The second-order valence-corrected chi connectivity index (χ2v) is 15.2. The molecule has 3 heteroatoms. The van der Waals surface area contributed by atoms with Gasteiger partial charge in [-0.05, 0) is 0 Å². The molecule has 0 saturated heterocycles. The Hall–Kier alpha value is -1.92. The van der Waals surface area contributed by atoms with E-state index >= 15 is 0 Å². The van der Waals surface area contributed by atoms with E-state index in [-0.39, 0.29) is 0 Å². The third-order valence-electron chi connectivity index (χ3n) is 5.03. The quantitative estimate of drug-likeness (QED) is 0.342. The molecule has 0 aromatic heterocycles. The minimum atomic E-state index is -3.18. The molecule has 0 atom stereocenters. The molecule has 4 aromatic carbocycles. The van der Waals surface area contributed by atoms with Gasteiger partial charge in [-0.15, -0.1) is 0 Å². The molecule has 4 aromatic rings. The van der Waals surface area contributed by atoms with Crippen LogP contribution in [0.25, 0.3) is 0 Å². The van der Waals surface area contributed by atoms with Crippen molar-refractivity contribution in [3.05, 3.63) is 120 Å². The number of rotatable bonds is 4. The first-order valence-electron chi connectivity index (χ1n) is 8.81. The normalized spacial score (nSPS) is 12.9. The summed E-state index contributed by atoms with van der Waals surface area (Å²) in [6.07, 6.45) is 0. The number of hydrogen-bond donors (Lipinski definition) is 0. The minimum absolute atomic E-state index is 0.767. The van der Waals surface area contributed by atoms with Crippen LogP contribution in [0, 0.1) is 0 Å². The van der Waals surface area contributed by atoms with Crippen LogP contribution in [0.3, 0.4) is 0 Å². The molecule has 0 heterocycles. The molecule has 4 rings (SSSR count). The van der Waals surface area contributed by atoms with E-state index in [0.717, 1.165) is 10.3 Å². The van der Waals surface area contributed by atoms with Crippen LogP contribution in [-0.4, -0.2) is 0 Å². The zero-order valence-electron chi connectivity index (χ0n) is 14.7. The molecule has 0 bridgehead atoms. The Balaban J connectivity index is 2.26. The third kappa shape index (κ3) is 2.77. The van der Waals surface area contributed by atoms with Gasteiger partial charge in [-0.25, -0.2) is 0 Å². The van der Waals surface area contributed by atoms with Crippen molar-refractivity contribution < 1.29 is 0 Å². The van der Waals surface area contributed by atoms with Crippen LogP contribution in [0.4, 0.5) is 0 Å². The topological polar surface area (TPSA) is 0 Å². The van der Waals surface area contributed by atoms with Gasteiger partial charge in [0.25, 0.3) is 0 Å². The number of hydrogen-bond acceptors (Lipinski definition) is 0. The maximum absolute atomic E-state index is 6.85. The van der Waals surface area contributed by atoms with Crippen LogP contribution in [0.5, 0.6) is 0 Å². The van der Waals surface area contributed by atoms with E-state index in [0.29, 0.717) is 0 Å². The molecule has 0 aliphatic rings. The molecule has 0 radical (unpaired) electrons. The van der Waals surface area contributed by atoms with Gasteiger partial charge < -0.3 is 0 Å². The molecule has 0 aliphatic carbocycles. The zero-order valence-corrected chi connectivity index (χ0v) is 17.9. The Morgan fingerprint density at radius 3 is 1.19 bits per heavy atom. The third-order valence-corrected chi connectivity index (χ3v) is 15.4. The van der Waals surface area contributed by atoms with E-state index in [9.17, 15) is 0 Å². The van der Waals surface area contributed by atoms with Crippen molar-refractivity contribution in [1.82, 2.24) is 0 Å². The average molecular weight is 454 g/mol. The fourth-order valence-electron chi connectivity index (χ4n) is 3.78. The van der Waals surface area contributed by atoms with E-state index in [1.54, 1.807) is 0 Å². The molecule has 134 valence electrons. The molecule has 0 saturated carbocycles. The average Bonchev–Trinajstić information content (AvgIpc) is 2.75. The Bertz CT molecular complexity index is 950. The Labute approximate surface area is 173 Å². The Morgan fingerprint density at radius 2 is 0.815 bits per heavy atom. The van der Waals surface area contributed by atoms with Gasteiger partial charge in [0.2, 0.25) is 0 Å². The molecular formula is C24H19BrClP. The summed E-state index contributed by atoms with van der Waals surface area (Å²) in [6.45, 7) is 0. The standard InChI is InChI=1S/C24H19BrClP/c25-27(20-12-4-1-5-13-20,21-14-6-2-7-15-21,22-16-8-3-9-17-22)24-19-11-10-18-23(24)26/h1-19H. The molecular weight excluding hydrogens is 435 g/mol. The summed E-state index contributed by atoms with van der Waals surface area (Å²) in [5.74, 6) is 0. The summed E-state index contributed by atoms with van der Waals surface area (Å²) >= 11 is 11.3. The van der Waals surface area contributed by atoms with Gasteiger partial charge in [-0.1, -0.05) is 0 Å². The number of halogens is 2. The second-order valence-electron chi connectivity index (χ2n) is 6.47. The predicted octanol–water partition coefficient (Wildman–Crippen LogP) is 5.81. The summed E-state index contributed by atoms with van der Waals surface area (Å²) in [7, 11) is 0. The molecule has 0 amide bonds. The molecule has 0 N–H and O–H groups in total. The first-order chi connectivity index (χ1) is 13.2. The zero-order chi connectivity index (χ0) is 18.8. The van der Waals surface area contributed by atoms with Crippen LogP contribution >= 0.6 is 32.4 Å². The van der Waals surface area contributed by atoms with E-state index in [2.05, 4.69) is 119 Å². The SMILES string of the molecule is Clc1ccccc1P(Br)(c1ccccc1)(c1ccccc1)c1ccccc1. The van der Waals surface area contributed by atoms with Crippen molar-refractivity contribution in [1.29, 1.82) is 0 Å². The fraction of sp³-hybridized carbons (Fsp3) is 0. The van der Waals surface area contributed by atoms with Crippen molar-refractivity contribution in [2.24, 2.45) is 0 Å². The van der Waals surface area contributed by atoms with Crippen molar-refractivity contribution in [2.75, 3.05) is 0 Å². The van der Waals surface area contributed by atoms with Gasteiger partial charge in [-0.3, -0.25) is 0 Å². The Morgan fingerprint density at radius 1 is 0.481 bits per heavy atom. The van der Waals surface area contributed by atoms with Gasteiger partial charge in [0.15, 0.2) is 0 Å². The van der Waals surface area contributed by atoms with Gasteiger partial charge in [-0.2, -0.15) is 0 Å². The summed E-state index contributed by atoms with van der Waals surface area (Å²) in [5.41, 5.74) is 0. The van der Waals surface area contributed by atoms with E-state index in [4.69, 9.17) is 11.6 Å². The molecule has 0 aliphatic heterocycles. The van der Waals surface area contributed by atoms with E-state index in [1.807, 2.05) is 12.1 Å². The van der Waals surface area contributed by atoms with Crippen molar-refractivity contribution >= 4 is 53.6 Å². The number of benzene rings is 4. The van der Waals surface area contributed by atoms with Crippen molar-refractivity contribution in [3.63, 3.8) is 0 Å². The van der Waals surface area contributed by atoms with E-state index in [1.165, 1.54) is 15.9 Å². The predicted molar refractivity (Wildman–Crippen MR) is 125 cm³/mol. The summed E-state index contributed by atoms with van der Waals surface area (Å²) in [4.78, 5) is 0. The van der Waals surface area contributed by atoms with Crippen LogP contribution in [0.15, 0.2) is 115 Å². The van der Waals surface area contributed by atoms with Crippen LogP contribution < -0.4 is 21.2 Å². The molecule has 27 heavy (non-hydrogen) atoms. The summed E-state index contributed by atoms with van der Waals surface area (Å²) in [6, 6.07) is 40.2. The van der Waals surface area contributed by atoms with Gasteiger partial charge in [0.1, 0.15) is 0 Å². The maximum atomic E-state index is 6.85. The monoisotopic (exact) mass is 452 g/mol. The Kier molecular flexibility index (Phi) is 4.95. The molecule has 0 fully saturated rings. The molecule has 0 unspecified atom stereocenters.